The van der Waals surface area contributed by atoms with E-state index in [-0.39, 0.29) is 0 Å². The molecule has 0 aromatic carbocycles. The van der Waals surface area contributed by atoms with Gasteiger partial charge in [-0.15, -0.1) is 0 Å². The van der Waals surface area contributed by atoms with Crippen molar-refractivity contribution in [3.63, 3.8) is 0 Å². The molecule has 2 unspecified atom stereocenters. The van der Waals surface area contributed by atoms with Gasteiger partial charge >= 0.3 is 0 Å². The van der Waals surface area contributed by atoms with E-state index in [2.05, 4.69) is 56.7 Å². The van der Waals surface area contributed by atoms with Gasteiger partial charge in [0.25, 0.3) is 0 Å². The molecular weight excluding hydrogens is 234 g/mol. The van der Waals surface area contributed by atoms with Gasteiger partial charge in [-0.3, -0.25) is 9.80 Å². The van der Waals surface area contributed by atoms with Crippen LogP contribution >= 0.6 is 0 Å². The van der Waals surface area contributed by atoms with Gasteiger partial charge in [0.1, 0.15) is 0 Å². The van der Waals surface area contributed by atoms with Crippen LogP contribution in [0.4, 0.5) is 0 Å². The van der Waals surface area contributed by atoms with E-state index in [0.29, 0.717) is 17.5 Å². The minimum absolute atomic E-state index is 0.337. The Morgan fingerprint density at radius 1 is 1.26 bits per heavy atom. The zero-order valence-corrected chi connectivity index (χ0v) is 14.0. The van der Waals surface area contributed by atoms with E-state index in [0.717, 1.165) is 6.54 Å². The molecule has 1 heterocycles. The van der Waals surface area contributed by atoms with Crippen molar-refractivity contribution in [2.45, 2.75) is 60.0 Å². The van der Waals surface area contributed by atoms with Gasteiger partial charge in [0.05, 0.1) is 0 Å². The maximum absolute atomic E-state index is 3.66. The molecule has 1 fully saturated rings. The SMILES string of the molecule is CCCNC(C)C(C)(C)CN1CCN(CC)C(C)C1. The molecule has 0 spiro atoms. The molecule has 1 N–H and O–H groups in total. The lowest BCUT2D eigenvalue weighted by molar-refractivity contribution is 0.0533. The molecule has 0 bridgehead atoms. The Hall–Kier alpha value is -0.120. The smallest absolute Gasteiger partial charge is 0.0195 e. The van der Waals surface area contributed by atoms with Crippen molar-refractivity contribution >= 4 is 0 Å². The number of rotatable bonds is 7. The molecule has 1 aliphatic rings. The van der Waals surface area contributed by atoms with Gasteiger partial charge in [0, 0.05) is 38.3 Å². The molecule has 2 atom stereocenters. The lowest BCUT2D eigenvalue weighted by Gasteiger charge is -2.44. The van der Waals surface area contributed by atoms with Crippen LogP contribution in [0.3, 0.4) is 0 Å². The van der Waals surface area contributed by atoms with Gasteiger partial charge in [-0.1, -0.05) is 27.7 Å². The van der Waals surface area contributed by atoms with Crippen molar-refractivity contribution < 1.29 is 0 Å². The third-order valence-electron chi connectivity index (χ3n) is 4.76. The highest BCUT2D eigenvalue weighted by molar-refractivity contribution is 4.87. The molecule has 0 saturated carbocycles. The van der Waals surface area contributed by atoms with Crippen molar-refractivity contribution in [3.8, 4) is 0 Å². The highest BCUT2D eigenvalue weighted by Crippen LogP contribution is 2.23. The highest BCUT2D eigenvalue weighted by Gasteiger charge is 2.31. The molecule has 0 amide bonds. The minimum Gasteiger partial charge on any atom is -0.314 e. The van der Waals surface area contributed by atoms with Gasteiger partial charge in [-0.05, 0) is 38.8 Å². The fraction of sp³-hybridized carbons (Fsp3) is 1.00. The second-order valence-corrected chi connectivity index (χ2v) is 6.88. The summed E-state index contributed by atoms with van der Waals surface area (Å²) >= 11 is 0. The van der Waals surface area contributed by atoms with E-state index < -0.39 is 0 Å². The molecule has 1 saturated heterocycles. The Balaban J connectivity index is 2.45. The van der Waals surface area contributed by atoms with Crippen LogP contribution in [0.2, 0.25) is 0 Å². The summed E-state index contributed by atoms with van der Waals surface area (Å²) in [5.41, 5.74) is 0.337. The Morgan fingerprint density at radius 2 is 1.95 bits per heavy atom. The maximum atomic E-state index is 3.66. The van der Waals surface area contributed by atoms with Crippen LogP contribution < -0.4 is 5.32 Å². The first-order valence-corrected chi connectivity index (χ1v) is 8.10. The van der Waals surface area contributed by atoms with Crippen LogP contribution in [0.5, 0.6) is 0 Å². The second-order valence-electron chi connectivity index (χ2n) is 6.88. The van der Waals surface area contributed by atoms with Crippen LogP contribution in [-0.2, 0) is 0 Å². The van der Waals surface area contributed by atoms with Gasteiger partial charge in [-0.2, -0.15) is 0 Å². The zero-order chi connectivity index (χ0) is 14.5. The van der Waals surface area contributed by atoms with Crippen molar-refractivity contribution in [3.05, 3.63) is 0 Å². The van der Waals surface area contributed by atoms with Crippen molar-refractivity contribution in [2.24, 2.45) is 5.41 Å². The molecule has 1 rings (SSSR count). The summed E-state index contributed by atoms with van der Waals surface area (Å²) in [6.07, 6.45) is 1.21. The van der Waals surface area contributed by atoms with E-state index in [4.69, 9.17) is 0 Å². The number of piperazine rings is 1. The molecule has 3 heteroatoms. The van der Waals surface area contributed by atoms with E-state index in [1.165, 1.54) is 39.1 Å². The highest BCUT2D eigenvalue weighted by atomic mass is 15.3. The normalized spacial score (nSPS) is 24.6. The van der Waals surface area contributed by atoms with Crippen molar-refractivity contribution in [1.29, 1.82) is 0 Å². The van der Waals surface area contributed by atoms with E-state index >= 15 is 0 Å². The summed E-state index contributed by atoms with van der Waals surface area (Å²) in [6.45, 7) is 21.2. The van der Waals surface area contributed by atoms with E-state index in [1.54, 1.807) is 0 Å². The first-order chi connectivity index (χ1) is 8.90. The monoisotopic (exact) mass is 269 g/mol. The zero-order valence-electron chi connectivity index (χ0n) is 14.0. The van der Waals surface area contributed by atoms with E-state index in [1.807, 2.05) is 0 Å². The number of hydrogen-bond donors (Lipinski definition) is 1. The quantitative estimate of drug-likeness (QED) is 0.766. The van der Waals surface area contributed by atoms with Crippen LogP contribution in [0, 0.1) is 5.41 Å². The summed E-state index contributed by atoms with van der Waals surface area (Å²) in [7, 11) is 0. The Labute approximate surface area is 120 Å². The number of nitrogens with one attached hydrogen (secondary N) is 1. The largest absolute Gasteiger partial charge is 0.314 e. The molecule has 0 radical (unpaired) electrons. The minimum atomic E-state index is 0.337. The van der Waals surface area contributed by atoms with Crippen molar-refractivity contribution in [2.75, 3.05) is 39.3 Å². The molecule has 1 aliphatic heterocycles. The topological polar surface area (TPSA) is 18.5 Å². The second kappa shape index (κ2) is 7.61. The third-order valence-corrected chi connectivity index (χ3v) is 4.76. The predicted molar refractivity (Wildman–Crippen MR) is 84.7 cm³/mol. The summed E-state index contributed by atoms with van der Waals surface area (Å²) in [4.78, 5) is 5.24. The molecule has 114 valence electrons. The number of likely N-dealkylation sites (N-methyl/N-ethyl adjacent to an activating group) is 1. The van der Waals surface area contributed by atoms with Gasteiger partial charge in [0.15, 0.2) is 0 Å². The molecule has 0 aromatic heterocycles. The molecule has 0 aliphatic carbocycles. The Bertz CT molecular complexity index is 252. The summed E-state index contributed by atoms with van der Waals surface area (Å²) in [5.74, 6) is 0. The van der Waals surface area contributed by atoms with Crippen LogP contribution in [0.15, 0.2) is 0 Å². The molecular formula is C16H35N3. The summed E-state index contributed by atoms with van der Waals surface area (Å²) in [6, 6.07) is 1.28. The Kier molecular flexibility index (Phi) is 6.78. The average molecular weight is 269 g/mol. The fourth-order valence-corrected chi connectivity index (χ4v) is 3.03. The lowest BCUT2D eigenvalue weighted by atomic mass is 9.84. The molecule has 0 aromatic rings. The fourth-order valence-electron chi connectivity index (χ4n) is 3.03. The van der Waals surface area contributed by atoms with Gasteiger partial charge < -0.3 is 5.32 Å². The first-order valence-electron chi connectivity index (χ1n) is 8.10. The standard InChI is InChI=1S/C16H35N3/c1-7-9-17-15(4)16(5,6)13-18-10-11-19(8-2)14(3)12-18/h14-15,17H,7-13H2,1-6H3. The summed E-state index contributed by atoms with van der Waals surface area (Å²) < 4.78 is 0. The third kappa shape index (κ3) is 5.05. The van der Waals surface area contributed by atoms with E-state index in [9.17, 15) is 0 Å². The van der Waals surface area contributed by atoms with Crippen LogP contribution in [0.1, 0.15) is 48.0 Å². The lowest BCUT2D eigenvalue weighted by Crippen LogP contribution is -2.55. The first kappa shape index (κ1) is 16.9. The number of nitrogens with zero attached hydrogens (tertiary/aromatic N) is 2. The average Bonchev–Trinajstić information content (AvgIpc) is 2.35. The molecule has 3 nitrogen and oxygen atoms in total. The maximum Gasteiger partial charge on any atom is 0.0195 e. The van der Waals surface area contributed by atoms with Gasteiger partial charge in [0.2, 0.25) is 0 Å². The van der Waals surface area contributed by atoms with Gasteiger partial charge in [-0.25, -0.2) is 0 Å². The van der Waals surface area contributed by atoms with Crippen LogP contribution in [0.25, 0.3) is 0 Å². The van der Waals surface area contributed by atoms with Crippen LogP contribution in [-0.4, -0.2) is 61.2 Å². The molecule has 19 heavy (non-hydrogen) atoms. The predicted octanol–water partition coefficient (Wildman–Crippen LogP) is 2.43. The Morgan fingerprint density at radius 3 is 2.47 bits per heavy atom. The summed E-state index contributed by atoms with van der Waals surface area (Å²) in [5, 5.41) is 3.66. The van der Waals surface area contributed by atoms with Crippen molar-refractivity contribution in [1.82, 2.24) is 15.1 Å². The number of hydrogen-bond acceptors (Lipinski definition) is 3.